The van der Waals surface area contributed by atoms with Crippen LogP contribution in [0.2, 0.25) is 0 Å². The number of hydrogen-bond donors (Lipinski definition) is 0. The Hall–Kier alpha value is -1.60. The highest BCUT2D eigenvalue weighted by molar-refractivity contribution is 5.20. The van der Waals surface area contributed by atoms with E-state index in [1.54, 1.807) is 0 Å². The molecule has 0 amide bonds. The molecule has 0 N–H and O–H groups in total. The normalized spacial score (nSPS) is 11.2. The fourth-order valence-electron chi connectivity index (χ4n) is 1.68. The highest BCUT2D eigenvalue weighted by atomic mass is 35.5. The predicted molar refractivity (Wildman–Crippen MR) is 61.4 cm³/mol. The minimum absolute atomic E-state index is 0. The molecule has 0 fully saturated rings. The van der Waals surface area contributed by atoms with Crippen molar-refractivity contribution in [3.63, 3.8) is 0 Å². The van der Waals surface area contributed by atoms with Crippen molar-refractivity contribution in [3.05, 3.63) is 79.1 Å². The van der Waals surface area contributed by atoms with Crippen molar-refractivity contribution in [2.45, 2.75) is 6.04 Å². The molecule has 0 radical (unpaired) electrons. The van der Waals surface area contributed by atoms with Crippen molar-refractivity contribution in [2.75, 3.05) is 0 Å². The molecular weight excluding hydrogens is 218 g/mol. The van der Waals surface area contributed by atoms with Crippen LogP contribution in [0.4, 0.5) is 0 Å². The monoisotopic (exact) mass is 231 g/mol. The van der Waals surface area contributed by atoms with E-state index < -0.39 is 0 Å². The molecule has 0 aliphatic heterocycles. The van der Waals surface area contributed by atoms with Gasteiger partial charge in [-0.25, -0.2) is 0 Å². The van der Waals surface area contributed by atoms with Crippen LogP contribution in [0.15, 0.2) is 73.6 Å². The standard InChI is InChI=1S/C14H14N.ClH/c1-2-14(13-9-5-3-6-10-13)15-11-7-4-8-12-15;/h2-12,14H,1H2;1H/q+1;/p-1. The zero-order chi connectivity index (χ0) is 10.5. The van der Waals surface area contributed by atoms with E-state index >= 15 is 0 Å². The molecule has 0 saturated heterocycles. The second kappa shape index (κ2) is 6.09. The molecule has 0 spiro atoms. The van der Waals surface area contributed by atoms with Crippen LogP contribution in [0.5, 0.6) is 0 Å². The predicted octanol–water partition coefficient (Wildman–Crippen LogP) is -0.247. The van der Waals surface area contributed by atoms with Gasteiger partial charge in [-0.1, -0.05) is 43.0 Å². The number of pyridine rings is 1. The quantitative estimate of drug-likeness (QED) is 0.507. The number of nitrogens with zero attached hydrogens (tertiary/aromatic N) is 1. The minimum Gasteiger partial charge on any atom is -1.00 e. The lowest BCUT2D eigenvalue weighted by molar-refractivity contribution is -0.703. The zero-order valence-corrected chi connectivity index (χ0v) is 9.72. The van der Waals surface area contributed by atoms with E-state index in [0.29, 0.717) is 0 Å². The van der Waals surface area contributed by atoms with E-state index in [0.717, 1.165) is 0 Å². The van der Waals surface area contributed by atoms with Crippen LogP contribution < -0.4 is 17.0 Å². The first-order chi connectivity index (χ1) is 7.42. The van der Waals surface area contributed by atoms with Crippen molar-refractivity contribution < 1.29 is 17.0 Å². The van der Waals surface area contributed by atoms with Gasteiger partial charge in [-0.15, -0.1) is 0 Å². The molecular formula is C14H14ClN. The number of rotatable bonds is 3. The fourth-order valence-corrected chi connectivity index (χ4v) is 1.68. The molecule has 0 saturated carbocycles. The second-order valence-electron chi connectivity index (χ2n) is 3.41. The molecule has 1 aromatic carbocycles. The van der Waals surface area contributed by atoms with Crippen LogP contribution in [0.1, 0.15) is 11.6 Å². The van der Waals surface area contributed by atoms with Crippen LogP contribution in [0.3, 0.4) is 0 Å². The Bertz CT molecular complexity index is 386. The van der Waals surface area contributed by atoms with Gasteiger partial charge < -0.3 is 12.4 Å². The van der Waals surface area contributed by atoms with Gasteiger partial charge in [0, 0.05) is 17.7 Å². The van der Waals surface area contributed by atoms with Gasteiger partial charge in [-0.05, 0) is 6.08 Å². The summed E-state index contributed by atoms with van der Waals surface area (Å²) in [5, 5.41) is 0. The second-order valence-corrected chi connectivity index (χ2v) is 3.41. The lowest BCUT2D eigenvalue weighted by Crippen LogP contribution is -3.00. The Morgan fingerprint density at radius 3 is 2.06 bits per heavy atom. The Morgan fingerprint density at radius 2 is 1.50 bits per heavy atom. The van der Waals surface area contributed by atoms with Crippen LogP contribution in [-0.4, -0.2) is 0 Å². The van der Waals surface area contributed by atoms with E-state index in [1.165, 1.54) is 5.56 Å². The SMILES string of the molecule is C=CC(c1ccccc1)[n+]1ccccc1.[Cl-]. The summed E-state index contributed by atoms with van der Waals surface area (Å²) in [4.78, 5) is 0. The first kappa shape index (κ1) is 12.5. The van der Waals surface area contributed by atoms with Gasteiger partial charge in [-0.3, -0.25) is 0 Å². The summed E-state index contributed by atoms with van der Waals surface area (Å²) >= 11 is 0. The summed E-state index contributed by atoms with van der Waals surface area (Å²) in [5.74, 6) is 0. The molecule has 2 heteroatoms. The van der Waals surface area contributed by atoms with Gasteiger partial charge in [0.15, 0.2) is 12.4 Å². The maximum absolute atomic E-state index is 3.89. The molecule has 2 aromatic rings. The highest BCUT2D eigenvalue weighted by Gasteiger charge is 2.14. The Kier molecular flexibility index (Phi) is 4.74. The van der Waals surface area contributed by atoms with Gasteiger partial charge in [0.05, 0.1) is 0 Å². The van der Waals surface area contributed by atoms with Gasteiger partial charge in [0.1, 0.15) is 0 Å². The highest BCUT2D eigenvalue weighted by Crippen LogP contribution is 2.12. The summed E-state index contributed by atoms with van der Waals surface area (Å²) in [6, 6.07) is 16.6. The van der Waals surface area contributed by atoms with Crippen LogP contribution in [-0.2, 0) is 0 Å². The third kappa shape index (κ3) is 2.71. The maximum Gasteiger partial charge on any atom is 0.201 e. The van der Waals surface area contributed by atoms with Crippen LogP contribution in [0.25, 0.3) is 0 Å². The van der Waals surface area contributed by atoms with Crippen LogP contribution in [0, 0.1) is 0 Å². The fraction of sp³-hybridized carbons (Fsp3) is 0.0714. The maximum atomic E-state index is 3.89. The van der Waals surface area contributed by atoms with Crippen molar-refractivity contribution in [1.82, 2.24) is 0 Å². The van der Waals surface area contributed by atoms with E-state index in [2.05, 4.69) is 47.8 Å². The third-order valence-electron chi connectivity index (χ3n) is 2.42. The topological polar surface area (TPSA) is 3.88 Å². The Morgan fingerprint density at radius 1 is 0.938 bits per heavy atom. The van der Waals surface area contributed by atoms with E-state index in [4.69, 9.17) is 0 Å². The first-order valence-corrected chi connectivity index (χ1v) is 5.05. The number of halogens is 1. The number of benzene rings is 1. The number of hydrogen-bond acceptors (Lipinski definition) is 0. The summed E-state index contributed by atoms with van der Waals surface area (Å²) in [6.07, 6.45) is 6.06. The van der Waals surface area contributed by atoms with Gasteiger partial charge >= 0.3 is 0 Å². The average Bonchev–Trinajstić information content (AvgIpc) is 2.33. The minimum atomic E-state index is 0. The van der Waals surface area contributed by atoms with Crippen molar-refractivity contribution in [3.8, 4) is 0 Å². The molecule has 0 bridgehead atoms. The molecule has 82 valence electrons. The first-order valence-electron chi connectivity index (χ1n) is 5.05. The summed E-state index contributed by atoms with van der Waals surface area (Å²) < 4.78 is 2.14. The number of aromatic nitrogens is 1. The van der Waals surface area contributed by atoms with Crippen molar-refractivity contribution in [1.29, 1.82) is 0 Å². The number of allylic oxidation sites excluding steroid dienone is 1. The lowest BCUT2D eigenvalue weighted by Gasteiger charge is -2.07. The molecule has 1 unspecified atom stereocenters. The summed E-state index contributed by atoms with van der Waals surface area (Å²) in [7, 11) is 0. The largest absolute Gasteiger partial charge is 1.00 e. The van der Waals surface area contributed by atoms with Crippen molar-refractivity contribution in [2.24, 2.45) is 0 Å². The van der Waals surface area contributed by atoms with Gasteiger partial charge in [0.25, 0.3) is 0 Å². The molecule has 2 rings (SSSR count). The molecule has 0 aliphatic carbocycles. The van der Waals surface area contributed by atoms with Gasteiger partial charge in [0.2, 0.25) is 6.04 Å². The molecule has 1 heterocycles. The Labute approximate surface area is 102 Å². The zero-order valence-electron chi connectivity index (χ0n) is 8.96. The molecule has 1 nitrogen and oxygen atoms in total. The Balaban J connectivity index is 0.00000128. The smallest absolute Gasteiger partial charge is 0.201 e. The van der Waals surface area contributed by atoms with Crippen LogP contribution >= 0.6 is 0 Å². The van der Waals surface area contributed by atoms with E-state index in [9.17, 15) is 0 Å². The molecule has 1 aromatic heterocycles. The van der Waals surface area contributed by atoms with E-state index in [-0.39, 0.29) is 18.4 Å². The average molecular weight is 232 g/mol. The van der Waals surface area contributed by atoms with Crippen molar-refractivity contribution >= 4 is 0 Å². The third-order valence-corrected chi connectivity index (χ3v) is 2.42. The lowest BCUT2D eigenvalue weighted by atomic mass is 10.1. The van der Waals surface area contributed by atoms with Gasteiger partial charge in [-0.2, -0.15) is 4.57 Å². The molecule has 1 atom stereocenters. The summed E-state index contributed by atoms with van der Waals surface area (Å²) in [6.45, 7) is 3.89. The van der Waals surface area contributed by atoms with E-state index in [1.807, 2.05) is 30.3 Å². The summed E-state index contributed by atoms with van der Waals surface area (Å²) in [5.41, 5.74) is 1.25. The molecule has 16 heavy (non-hydrogen) atoms. The molecule has 0 aliphatic rings.